The number of nitrogens with one attached hydrogen (secondary N) is 1. The molecule has 0 bridgehead atoms. The van der Waals surface area contributed by atoms with Gasteiger partial charge >= 0.3 is 6.09 Å². The summed E-state index contributed by atoms with van der Waals surface area (Å²) in [5, 5.41) is 2.61. The van der Waals surface area contributed by atoms with Crippen LogP contribution < -0.4 is 5.32 Å². The Labute approximate surface area is 157 Å². The Hall–Kier alpha value is -2.96. The maximum absolute atomic E-state index is 12.0. The molecule has 2 heterocycles. The molecule has 7 heteroatoms. The molecule has 0 saturated heterocycles. The molecule has 1 spiro atoms. The van der Waals surface area contributed by atoms with Gasteiger partial charge in [0.15, 0.2) is 0 Å². The molecular weight excluding hydrogens is 344 g/mol. The summed E-state index contributed by atoms with van der Waals surface area (Å²) in [6, 6.07) is 6.46. The smallest absolute Gasteiger partial charge is 0.415 e. The number of aliphatic imine (C=N–C) groups is 1. The highest BCUT2D eigenvalue weighted by molar-refractivity contribution is 5.91. The van der Waals surface area contributed by atoms with Gasteiger partial charge in [0.25, 0.3) is 6.02 Å². The fourth-order valence-electron chi connectivity index (χ4n) is 3.58. The molecular formula is C20H22N4O3. The van der Waals surface area contributed by atoms with Gasteiger partial charge in [-0.05, 0) is 37.5 Å². The van der Waals surface area contributed by atoms with Gasteiger partial charge in [-0.3, -0.25) is 0 Å². The van der Waals surface area contributed by atoms with Crippen LogP contribution in [0.25, 0.3) is 11.1 Å². The van der Waals surface area contributed by atoms with Gasteiger partial charge in [0.05, 0.1) is 0 Å². The molecule has 2 aliphatic rings. The lowest BCUT2D eigenvalue weighted by molar-refractivity contribution is 0.0551. The minimum absolute atomic E-state index is 0.224. The monoisotopic (exact) mass is 366 g/mol. The molecule has 1 aliphatic carbocycles. The van der Waals surface area contributed by atoms with Crippen LogP contribution in [0.1, 0.15) is 31.9 Å². The number of ether oxygens (including phenoxy) is 2. The lowest BCUT2D eigenvalue weighted by atomic mass is 9.96. The second-order valence-corrected chi connectivity index (χ2v) is 7.98. The molecule has 2 aromatic rings. The van der Waals surface area contributed by atoms with E-state index < -0.39 is 17.2 Å². The summed E-state index contributed by atoms with van der Waals surface area (Å²) in [5.74, 6) is 0. The average molecular weight is 366 g/mol. The van der Waals surface area contributed by atoms with E-state index in [0.717, 1.165) is 24.0 Å². The number of aromatic nitrogens is 2. The van der Waals surface area contributed by atoms with Crippen LogP contribution in [0.3, 0.4) is 0 Å². The summed E-state index contributed by atoms with van der Waals surface area (Å²) in [5.41, 5.74) is 3.62. The molecule has 1 unspecified atom stereocenters. The highest BCUT2D eigenvalue weighted by atomic mass is 16.6. The van der Waals surface area contributed by atoms with E-state index in [1.54, 1.807) is 0 Å². The van der Waals surface area contributed by atoms with Crippen molar-refractivity contribution in [3.8, 4) is 11.1 Å². The molecule has 0 saturated carbocycles. The Morgan fingerprint density at radius 3 is 2.74 bits per heavy atom. The normalized spacial score (nSPS) is 20.8. The van der Waals surface area contributed by atoms with Gasteiger partial charge in [-0.25, -0.2) is 25.1 Å². The number of carbonyl (C=O) groups excluding carboxylic acids is 1. The van der Waals surface area contributed by atoms with Crippen molar-refractivity contribution in [1.82, 2.24) is 15.3 Å². The summed E-state index contributed by atoms with van der Waals surface area (Å²) < 4.78 is 10.9. The van der Waals surface area contributed by atoms with Gasteiger partial charge < -0.3 is 9.47 Å². The van der Waals surface area contributed by atoms with E-state index in [1.807, 2.05) is 39.2 Å². The first kappa shape index (κ1) is 17.5. The van der Waals surface area contributed by atoms with Crippen molar-refractivity contribution in [3.05, 3.63) is 48.0 Å². The third-order valence-electron chi connectivity index (χ3n) is 4.59. The van der Waals surface area contributed by atoms with Gasteiger partial charge in [0.1, 0.15) is 24.1 Å². The van der Waals surface area contributed by atoms with E-state index >= 15 is 0 Å². The lowest BCUT2D eigenvalue weighted by Crippen LogP contribution is -2.36. The SMILES string of the molecule is CC(C)(C)OC(=O)NC1=NC2(CO1)Cc1cccc(-c3cncnc3)c1C2. The van der Waals surface area contributed by atoms with Gasteiger partial charge in [-0.2, -0.15) is 0 Å². The number of rotatable bonds is 1. The van der Waals surface area contributed by atoms with Crippen molar-refractivity contribution in [2.45, 2.75) is 44.8 Å². The predicted molar refractivity (Wildman–Crippen MR) is 100 cm³/mol. The van der Waals surface area contributed by atoms with Gasteiger partial charge in [0, 0.05) is 30.8 Å². The quantitative estimate of drug-likeness (QED) is 0.839. The second kappa shape index (κ2) is 6.33. The topological polar surface area (TPSA) is 85.7 Å². The van der Waals surface area contributed by atoms with E-state index in [9.17, 15) is 4.79 Å². The minimum Gasteiger partial charge on any atom is -0.462 e. The minimum atomic E-state index is -0.572. The largest absolute Gasteiger partial charge is 0.462 e. The number of amides is 1. The number of amidine groups is 1. The van der Waals surface area contributed by atoms with Crippen LogP contribution in [0.5, 0.6) is 0 Å². The predicted octanol–water partition coefficient (Wildman–Crippen LogP) is 2.89. The molecule has 27 heavy (non-hydrogen) atoms. The summed E-state index contributed by atoms with van der Waals surface area (Å²) in [6.07, 6.45) is 6.11. The first-order chi connectivity index (χ1) is 12.8. The third-order valence-corrected chi connectivity index (χ3v) is 4.59. The zero-order valence-corrected chi connectivity index (χ0v) is 15.7. The van der Waals surface area contributed by atoms with Gasteiger partial charge in [-0.1, -0.05) is 18.2 Å². The summed E-state index contributed by atoms with van der Waals surface area (Å²) in [6.45, 7) is 5.87. The Morgan fingerprint density at radius 2 is 2.00 bits per heavy atom. The number of benzene rings is 1. The fraction of sp³-hybridized carbons (Fsp3) is 0.400. The standard InChI is InChI=1S/C20H22N4O3/c1-19(2,3)27-18(25)23-17-24-20(11-26-17)7-13-5-4-6-15(16(13)8-20)14-9-21-12-22-10-14/h4-6,9-10,12H,7-8,11H2,1-3H3,(H,23,24,25). The molecule has 140 valence electrons. The summed E-state index contributed by atoms with van der Waals surface area (Å²) in [7, 11) is 0. The summed E-state index contributed by atoms with van der Waals surface area (Å²) in [4.78, 5) is 24.9. The van der Waals surface area contributed by atoms with Crippen LogP contribution in [-0.4, -0.2) is 39.8 Å². The van der Waals surface area contributed by atoms with Crippen molar-refractivity contribution in [1.29, 1.82) is 0 Å². The number of hydrogen-bond acceptors (Lipinski definition) is 6. The van der Waals surface area contributed by atoms with Crippen LogP contribution in [0, 0.1) is 0 Å². The molecule has 1 atom stereocenters. The van der Waals surface area contributed by atoms with Crippen LogP contribution >= 0.6 is 0 Å². The number of hydrogen-bond donors (Lipinski definition) is 1. The molecule has 0 fully saturated rings. The number of carbonyl (C=O) groups is 1. The van der Waals surface area contributed by atoms with Crippen LogP contribution in [0.2, 0.25) is 0 Å². The van der Waals surface area contributed by atoms with Crippen molar-refractivity contribution in [2.75, 3.05) is 6.61 Å². The Kier molecular flexibility index (Phi) is 4.09. The van der Waals surface area contributed by atoms with E-state index in [-0.39, 0.29) is 6.02 Å². The molecule has 1 N–H and O–H groups in total. The van der Waals surface area contributed by atoms with Crippen LogP contribution in [-0.2, 0) is 22.3 Å². The molecule has 1 aromatic heterocycles. The van der Waals surface area contributed by atoms with Crippen LogP contribution in [0.15, 0.2) is 41.9 Å². The van der Waals surface area contributed by atoms with Gasteiger partial charge in [0.2, 0.25) is 0 Å². The highest BCUT2D eigenvalue weighted by Crippen LogP contribution is 2.40. The zero-order chi connectivity index (χ0) is 19.1. The highest BCUT2D eigenvalue weighted by Gasteiger charge is 2.43. The molecule has 7 nitrogen and oxygen atoms in total. The first-order valence-electron chi connectivity index (χ1n) is 8.92. The van der Waals surface area contributed by atoms with Crippen molar-refractivity contribution >= 4 is 12.1 Å². The molecule has 0 radical (unpaired) electrons. The van der Waals surface area contributed by atoms with Crippen molar-refractivity contribution in [3.63, 3.8) is 0 Å². The number of nitrogens with zero attached hydrogens (tertiary/aromatic N) is 3. The number of alkyl carbamates (subject to hydrolysis) is 1. The lowest BCUT2D eigenvalue weighted by Gasteiger charge is -2.19. The van der Waals surface area contributed by atoms with E-state index in [1.165, 1.54) is 17.5 Å². The number of fused-ring (bicyclic) bond motifs is 1. The maximum Gasteiger partial charge on any atom is 0.415 e. The maximum atomic E-state index is 12.0. The molecule has 1 amide bonds. The Bertz CT molecular complexity index is 905. The fourth-order valence-corrected chi connectivity index (χ4v) is 3.58. The van der Waals surface area contributed by atoms with E-state index in [2.05, 4.69) is 32.4 Å². The zero-order valence-electron chi connectivity index (χ0n) is 15.7. The van der Waals surface area contributed by atoms with Crippen molar-refractivity contribution < 1.29 is 14.3 Å². The van der Waals surface area contributed by atoms with E-state index in [0.29, 0.717) is 6.61 Å². The first-order valence-corrected chi connectivity index (χ1v) is 8.92. The average Bonchev–Trinajstić information content (AvgIpc) is 3.16. The third kappa shape index (κ3) is 3.63. The Morgan fingerprint density at radius 1 is 1.22 bits per heavy atom. The summed E-state index contributed by atoms with van der Waals surface area (Å²) >= 11 is 0. The Balaban J connectivity index is 1.55. The molecule has 4 rings (SSSR count). The second-order valence-electron chi connectivity index (χ2n) is 7.98. The molecule has 1 aliphatic heterocycles. The van der Waals surface area contributed by atoms with Crippen molar-refractivity contribution in [2.24, 2.45) is 4.99 Å². The van der Waals surface area contributed by atoms with Gasteiger partial charge in [-0.15, -0.1) is 0 Å². The van der Waals surface area contributed by atoms with Crippen LogP contribution in [0.4, 0.5) is 4.79 Å². The van der Waals surface area contributed by atoms with E-state index in [4.69, 9.17) is 9.47 Å². The molecule has 1 aromatic carbocycles.